The van der Waals surface area contributed by atoms with E-state index in [0.717, 1.165) is 5.56 Å². The Morgan fingerprint density at radius 1 is 1.32 bits per heavy atom. The van der Waals surface area contributed by atoms with Crippen LogP contribution in [0.3, 0.4) is 0 Å². The summed E-state index contributed by atoms with van der Waals surface area (Å²) in [6.45, 7) is 0.125. The summed E-state index contributed by atoms with van der Waals surface area (Å²) < 4.78 is 10.1. The van der Waals surface area contributed by atoms with Crippen LogP contribution < -0.4 is 5.32 Å². The number of carbonyl (C=O) groups excluding carboxylic acids is 1. The smallest absolute Gasteiger partial charge is 0.411 e. The lowest BCUT2D eigenvalue weighted by atomic mass is 10.2. The van der Waals surface area contributed by atoms with Crippen LogP contribution in [0.4, 0.5) is 4.79 Å². The zero-order chi connectivity index (χ0) is 13.5. The van der Waals surface area contributed by atoms with Gasteiger partial charge in [-0.15, -0.1) is 0 Å². The van der Waals surface area contributed by atoms with E-state index in [2.05, 4.69) is 5.32 Å². The van der Waals surface area contributed by atoms with Crippen molar-refractivity contribution in [3.63, 3.8) is 0 Å². The molecule has 0 saturated carbocycles. The van der Waals surface area contributed by atoms with Gasteiger partial charge in [-0.1, -0.05) is 29.8 Å². The molecule has 0 unspecified atom stereocenters. The molecular formula is C14H12ClNO3. The van der Waals surface area contributed by atoms with Crippen LogP contribution in [-0.2, 0) is 11.3 Å². The predicted molar refractivity (Wildman–Crippen MR) is 72.5 cm³/mol. The summed E-state index contributed by atoms with van der Waals surface area (Å²) in [5.74, 6) is 0.645. The van der Waals surface area contributed by atoms with Crippen LogP contribution in [0.1, 0.15) is 11.3 Å². The fraction of sp³-hybridized carbons (Fsp3) is 0.0714. The van der Waals surface area contributed by atoms with Gasteiger partial charge in [-0.3, -0.25) is 5.32 Å². The van der Waals surface area contributed by atoms with E-state index in [1.807, 2.05) is 12.1 Å². The first kappa shape index (κ1) is 13.2. The van der Waals surface area contributed by atoms with Gasteiger partial charge in [0.05, 0.1) is 6.26 Å². The lowest BCUT2D eigenvalue weighted by molar-refractivity contribution is 0.143. The normalized spacial score (nSPS) is 10.6. The van der Waals surface area contributed by atoms with Crippen molar-refractivity contribution in [2.45, 2.75) is 6.61 Å². The molecule has 4 nitrogen and oxygen atoms in total. The van der Waals surface area contributed by atoms with Gasteiger partial charge in [-0.25, -0.2) is 4.79 Å². The minimum absolute atomic E-state index is 0.125. The molecule has 0 aliphatic heterocycles. The first-order valence-electron chi connectivity index (χ1n) is 5.62. The molecule has 1 amide bonds. The minimum atomic E-state index is -0.553. The maximum absolute atomic E-state index is 11.4. The third kappa shape index (κ3) is 4.19. The zero-order valence-corrected chi connectivity index (χ0v) is 10.8. The summed E-state index contributed by atoms with van der Waals surface area (Å²) in [7, 11) is 0. The fourth-order valence-electron chi connectivity index (χ4n) is 1.38. The Bertz CT molecular complexity index is 564. The molecule has 1 heterocycles. The first-order valence-corrected chi connectivity index (χ1v) is 6.00. The Labute approximate surface area is 115 Å². The second kappa shape index (κ2) is 6.66. The lowest BCUT2D eigenvalue weighted by Crippen LogP contribution is -2.18. The molecule has 98 valence electrons. The maximum atomic E-state index is 11.4. The molecule has 5 heteroatoms. The topological polar surface area (TPSA) is 51.5 Å². The molecule has 1 aromatic carbocycles. The van der Waals surface area contributed by atoms with Crippen LogP contribution in [0.2, 0.25) is 5.02 Å². The van der Waals surface area contributed by atoms with E-state index >= 15 is 0 Å². The number of carbonyl (C=O) groups is 1. The minimum Gasteiger partial charge on any atom is -0.465 e. The molecule has 0 aliphatic rings. The number of furan rings is 1. The molecule has 0 spiro atoms. The summed E-state index contributed by atoms with van der Waals surface area (Å²) in [4.78, 5) is 11.4. The maximum Gasteiger partial charge on any atom is 0.411 e. The number of halogens is 1. The molecule has 1 aromatic heterocycles. The van der Waals surface area contributed by atoms with Crippen molar-refractivity contribution < 1.29 is 13.9 Å². The van der Waals surface area contributed by atoms with E-state index in [1.165, 1.54) is 6.20 Å². The molecule has 2 rings (SSSR count). The number of hydrogen-bond donors (Lipinski definition) is 1. The van der Waals surface area contributed by atoms with Gasteiger partial charge in [0.2, 0.25) is 0 Å². The van der Waals surface area contributed by atoms with Crippen molar-refractivity contribution in [3.8, 4) is 0 Å². The molecule has 0 bridgehead atoms. The molecule has 0 aliphatic carbocycles. The molecule has 0 atom stereocenters. The number of amides is 1. The van der Waals surface area contributed by atoms with Crippen molar-refractivity contribution >= 4 is 23.8 Å². The summed E-state index contributed by atoms with van der Waals surface area (Å²) >= 11 is 5.94. The van der Waals surface area contributed by atoms with Gasteiger partial charge in [-0.2, -0.15) is 0 Å². The summed E-state index contributed by atoms with van der Waals surface area (Å²) in [5, 5.41) is 3.04. The molecule has 2 aromatic rings. The van der Waals surface area contributed by atoms with Crippen molar-refractivity contribution in [2.75, 3.05) is 0 Å². The number of nitrogens with one attached hydrogen (secondary N) is 1. The molecule has 0 radical (unpaired) electrons. The molecule has 0 fully saturated rings. The van der Waals surface area contributed by atoms with Crippen molar-refractivity contribution in [1.29, 1.82) is 0 Å². The summed E-state index contributed by atoms with van der Waals surface area (Å²) in [6.07, 6.45) is 4.07. The number of hydrogen-bond acceptors (Lipinski definition) is 3. The van der Waals surface area contributed by atoms with Gasteiger partial charge in [0, 0.05) is 16.8 Å². The van der Waals surface area contributed by atoms with E-state index in [1.54, 1.807) is 36.6 Å². The third-order valence-electron chi connectivity index (χ3n) is 2.31. The highest BCUT2D eigenvalue weighted by molar-refractivity contribution is 6.31. The van der Waals surface area contributed by atoms with E-state index in [0.29, 0.717) is 10.8 Å². The van der Waals surface area contributed by atoms with E-state index in [4.69, 9.17) is 20.8 Å². The average Bonchev–Trinajstić information content (AvgIpc) is 2.91. The van der Waals surface area contributed by atoms with Crippen LogP contribution in [0.15, 0.2) is 53.3 Å². The number of rotatable bonds is 4. The van der Waals surface area contributed by atoms with Gasteiger partial charge in [-0.05, 0) is 24.3 Å². The Morgan fingerprint density at radius 2 is 2.16 bits per heavy atom. The highest BCUT2D eigenvalue weighted by Gasteiger charge is 2.03. The number of ether oxygens (including phenoxy) is 1. The third-order valence-corrected chi connectivity index (χ3v) is 2.68. The number of benzene rings is 1. The van der Waals surface area contributed by atoms with Crippen LogP contribution in [0.25, 0.3) is 6.08 Å². The second-order valence-electron chi connectivity index (χ2n) is 3.66. The van der Waals surface area contributed by atoms with Crippen molar-refractivity contribution in [2.24, 2.45) is 0 Å². The van der Waals surface area contributed by atoms with Gasteiger partial charge < -0.3 is 9.15 Å². The molecule has 19 heavy (non-hydrogen) atoms. The van der Waals surface area contributed by atoms with Gasteiger partial charge in [0.25, 0.3) is 0 Å². The summed E-state index contributed by atoms with van der Waals surface area (Å²) in [5.41, 5.74) is 0.759. The van der Waals surface area contributed by atoms with E-state index in [-0.39, 0.29) is 6.61 Å². The quantitative estimate of drug-likeness (QED) is 0.924. The van der Waals surface area contributed by atoms with Crippen LogP contribution in [0, 0.1) is 0 Å². The van der Waals surface area contributed by atoms with Gasteiger partial charge in [0.15, 0.2) is 0 Å². The Kier molecular flexibility index (Phi) is 4.64. The highest BCUT2D eigenvalue weighted by atomic mass is 35.5. The van der Waals surface area contributed by atoms with Gasteiger partial charge in [0.1, 0.15) is 12.4 Å². The Balaban J connectivity index is 1.78. The standard InChI is InChI=1S/C14H12ClNO3/c15-13-6-2-1-4-11(13)10-19-14(17)16-8-7-12-5-3-9-18-12/h1-9H,10H2,(H,16,17). The zero-order valence-electron chi connectivity index (χ0n) is 10.0. The van der Waals surface area contributed by atoms with E-state index in [9.17, 15) is 4.79 Å². The second-order valence-corrected chi connectivity index (χ2v) is 4.07. The first-order chi connectivity index (χ1) is 9.25. The van der Waals surface area contributed by atoms with Crippen molar-refractivity contribution in [3.05, 3.63) is 65.2 Å². The summed E-state index contributed by atoms with van der Waals surface area (Å²) in [6, 6.07) is 10.7. The van der Waals surface area contributed by atoms with Crippen LogP contribution in [0.5, 0.6) is 0 Å². The SMILES string of the molecule is O=C(NC=Cc1ccco1)OCc1ccccc1Cl. The molecule has 0 saturated heterocycles. The fourth-order valence-corrected chi connectivity index (χ4v) is 1.57. The largest absolute Gasteiger partial charge is 0.465 e. The Morgan fingerprint density at radius 3 is 2.89 bits per heavy atom. The molecular weight excluding hydrogens is 266 g/mol. The van der Waals surface area contributed by atoms with Gasteiger partial charge >= 0.3 is 6.09 Å². The predicted octanol–water partition coefficient (Wildman–Crippen LogP) is 3.83. The van der Waals surface area contributed by atoms with Crippen molar-refractivity contribution in [1.82, 2.24) is 5.32 Å². The average molecular weight is 278 g/mol. The van der Waals surface area contributed by atoms with Crippen LogP contribution in [-0.4, -0.2) is 6.09 Å². The van der Waals surface area contributed by atoms with Crippen LogP contribution >= 0.6 is 11.6 Å². The van der Waals surface area contributed by atoms with E-state index < -0.39 is 6.09 Å². The lowest BCUT2D eigenvalue weighted by Gasteiger charge is -2.05. The Hall–Kier alpha value is -2.20. The monoisotopic (exact) mass is 277 g/mol. The number of alkyl carbamates (subject to hydrolysis) is 1. The highest BCUT2D eigenvalue weighted by Crippen LogP contribution is 2.15. The molecule has 1 N–H and O–H groups in total.